The van der Waals surface area contributed by atoms with Gasteiger partial charge in [0.1, 0.15) is 5.75 Å². The van der Waals surface area contributed by atoms with E-state index in [1.165, 1.54) is 42.3 Å². The molecule has 0 unspecified atom stereocenters. The molecule has 11 heteroatoms. The van der Waals surface area contributed by atoms with Crippen LogP contribution in [0.2, 0.25) is 0 Å². The molecule has 0 radical (unpaired) electrons. The number of amides is 2. The lowest BCUT2D eigenvalue weighted by Gasteiger charge is -2.23. The Hall–Kier alpha value is -4.74. The number of nitrogens with zero attached hydrogens (tertiary/aromatic N) is 2. The van der Waals surface area contributed by atoms with E-state index in [9.17, 15) is 22.8 Å². The van der Waals surface area contributed by atoms with Crippen LogP contribution in [0.4, 0.5) is 0 Å². The highest BCUT2D eigenvalue weighted by molar-refractivity contribution is 7.89. The van der Waals surface area contributed by atoms with Gasteiger partial charge in [-0.15, -0.1) is 0 Å². The molecule has 0 saturated carbocycles. The summed E-state index contributed by atoms with van der Waals surface area (Å²) in [5.74, 6) is -0.892. The molecule has 4 N–H and O–H groups in total. The minimum absolute atomic E-state index is 0.00782. The van der Waals surface area contributed by atoms with Crippen molar-refractivity contribution in [2.75, 3.05) is 13.7 Å². The molecule has 2 amide bonds. The third kappa shape index (κ3) is 7.12. The van der Waals surface area contributed by atoms with Gasteiger partial charge in [-0.25, -0.2) is 13.6 Å². The third-order valence-electron chi connectivity index (χ3n) is 6.97. The SMILES string of the molecule is COc1ccc(C(=O)N(CC(=O)c2cc(C(N)=O)c(C)n2CCc2ccccc2)Cc2ccc(S(N)(=O)=O)cc2)cc1. The first-order chi connectivity index (χ1) is 20.0. The maximum atomic E-state index is 13.8. The van der Waals surface area contributed by atoms with Gasteiger partial charge in [0.2, 0.25) is 10.0 Å². The predicted molar refractivity (Wildman–Crippen MR) is 158 cm³/mol. The first-order valence-electron chi connectivity index (χ1n) is 13.1. The van der Waals surface area contributed by atoms with E-state index >= 15 is 0 Å². The van der Waals surface area contributed by atoms with E-state index in [1.54, 1.807) is 35.8 Å². The lowest BCUT2D eigenvalue weighted by molar-refractivity contribution is 0.0695. The number of hydrogen-bond acceptors (Lipinski definition) is 6. The number of carbonyl (C=O) groups excluding carboxylic acids is 3. The minimum Gasteiger partial charge on any atom is -0.497 e. The Bertz CT molecular complexity index is 1700. The van der Waals surface area contributed by atoms with Crippen LogP contribution in [0.5, 0.6) is 5.75 Å². The fourth-order valence-electron chi connectivity index (χ4n) is 4.67. The lowest BCUT2D eigenvalue weighted by Crippen LogP contribution is -2.36. The standard InChI is InChI=1S/C31H32N4O6S/c1-21-27(30(32)37)18-28(35(21)17-16-22-6-4-3-5-7-22)29(36)20-34(31(38)24-10-12-25(41-2)13-11-24)19-23-8-14-26(15-9-23)42(33,39)40/h3-15,18H,16-17,19-20H2,1-2H3,(H2,32,37)(H2,33,39,40). The molecule has 4 rings (SSSR count). The van der Waals surface area contributed by atoms with E-state index in [0.29, 0.717) is 35.5 Å². The average Bonchev–Trinajstić information content (AvgIpc) is 3.32. The summed E-state index contributed by atoms with van der Waals surface area (Å²) in [6, 6.07) is 23.5. The molecular weight excluding hydrogens is 556 g/mol. The van der Waals surface area contributed by atoms with Crippen molar-refractivity contribution in [1.82, 2.24) is 9.47 Å². The molecule has 218 valence electrons. The second-order valence-electron chi connectivity index (χ2n) is 9.78. The normalized spacial score (nSPS) is 11.2. The first-order valence-corrected chi connectivity index (χ1v) is 14.6. The number of benzene rings is 3. The number of carbonyl (C=O) groups is 3. The summed E-state index contributed by atoms with van der Waals surface area (Å²) in [4.78, 5) is 40.9. The van der Waals surface area contributed by atoms with Crippen LogP contribution in [0.25, 0.3) is 0 Å². The van der Waals surface area contributed by atoms with Crippen LogP contribution in [0.3, 0.4) is 0 Å². The van der Waals surface area contributed by atoms with Crippen molar-refractivity contribution in [3.05, 3.63) is 119 Å². The van der Waals surface area contributed by atoms with E-state index in [0.717, 1.165) is 5.56 Å². The number of aryl methyl sites for hydroxylation is 1. The largest absolute Gasteiger partial charge is 0.497 e. The zero-order valence-corrected chi connectivity index (χ0v) is 24.1. The van der Waals surface area contributed by atoms with Gasteiger partial charge in [0, 0.05) is 24.3 Å². The molecule has 0 aliphatic carbocycles. The van der Waals surface area contributed by atoms with Gasteiger partial charge in [0.25, 0.3) is 11.8 Å². The number of nitrogens with two attached hydrogens (primary N) is 2. The fourth-order valence-corrected chi connectivity index (χ4v) is 5.19. The van der Waals surface area contributed by atoms with Crippen molar-refractivity contribution >= 4 is 27.6 Å². The summed E-state index contributed by atoms with van der Waals surface area (Å²) >= 11 is 0. The Balaban J connectivity index is 1.66. The number of aromatic nitrogens is 1. The maximum absolute atomic E-state index is 13.8. The number of Topliss-reactive ketones (excluding diaryl/α,β-unsaturated/α-hetero) is 1. The molecule has 0 atom stereocenters. The van der Waals surface area contributed by atoms with Gasteiger partial charge in [-0.1, -0.05) is 42.5 Å². The number of primary amides is 1. The van der Waals surface area contributed by atoms with E-state index in [4.69, 9.17) is 15.6 Å². The van der Waals surface area contributed by atoms with Crippen molar-refractivity contribution < 1.29 is 27.5 Å². The molecule has 4 aromatic rings. The molecule has 1 heterocycles. The average molecular weight is 589 g/mol. The van der Waals surface area contributed by atoms with Crippen LogP contribution >= 0.6 is 0 Å². The molecule has 0 bridgehead atoms. The number of methoxy groups -OCH3 is 1. The molecule has 1 aromatic heterocycles. The summed E-state index contributed by atoms with van der Waals surface area (Å²) in [5.41, 5.74) is 8.64. The van der Waals surface area contributed by atoms with Crippen molar-refractivity contribution in [2.24, 2.45) is 10.9 Å². The number of primary sulfonamides is 1. The maximum Gasteiger partial charge on any atom is 0.254 e. The number of ketones is 1. The monoisotopic (exact) mass is 588 g/mol. The predicted octanol–water partition coefficient (Wildman–Crippen LogP) is 3.32. The van der Waals surface area contributed by atoms with Gasteiger partial charge in [-0.3, -0.25) is 14.4 Å². The summed E-state index contributed by atoms with van der Waals surface area (Å²) in [5, 5.41) is 5.22. The molecule has 10 nitrogen and oxygen atoms in total. The molecule has 0 saturated heterocycles. The summed E-state index contributed by atoms with van der Waals surface area (Å²) in [7, 11) is -2.38. The van der Waals surface area contributed by atoms with Gasteiger partial charge < -0.3 is 19.9 Å². The van der Waals surface area contributed by atoms with E-state index in [1.807, 2.05) is 30.3 Å². The highest BCUT2D eigenvalue weighted by Crippen LogP contribution is 2.20. The van der Waals surface area contributed by atoms with Gasteiger partial charge >= 0.3 is 0 Å². The lowest BCUT2D eigenvalue weighted by atomic mass is 10.1. The molecule has 42 heavy (non-hydrogen) atoms. The number of rotatable bonds is 12. The van der Waals surface area contributed by atoms with E-state index < -0.39 is 21.8 Å². The van der Waals surface area contributed by atoms with E-state index in [2.05, 4.69) is 0 Å². The zero-order chi connectivity index (χ0) is 30.4. The molecule has 0 fully saturated rings. The Morgan fingerprint density at radius 1 is 0.905 bits per heavy atom. The van der Waals surface area contributed by atoms with Crippen molar-refractivity contribution in [3.63, 3.8) is 0 Å². The molecule has 0 aliphatic rings. The first kappa shape index (κ1) is 30.2. The quantitative estimate of drug-likeness (QED) is 0.242. The second kappa shape index (κ2) is 12.8. The van der Waals surface area contributed by atoms with Gasteiger partial charge in [-0.2, -0.15) is 0 Å². The van der Waals surface area contributed by atoms with Crippen LogP contribution in [0.1, 0.15) is 48.0 Å². The fraction of sp³-hybridized carbons (Fsp3) is 0.194. The summed E-state index contributed by atoms with van der Waals surface area (Å²) in [6.45, 7) is 1.85. The highest BCUT2D eigenvalue weighted by atomic mass is 32.2. The Kier molecular flexibility index (Phi) is 9.24. The Labute approximate surface area is 244 Å². The number of ether oxygens (including phenoxy) is 1. The molecule has 0 spiro atoms. The van der Waals surface area contributed by atoms with Crippen molar-refractivity contribution in [3.8, 4) is 5.75 Å². The Morgan fingerprint density at radius 3 is 2.12 bits per heavy atom. The number of hydrogen-bond donors (Lipinski definition) is 2. The second-order valence-corrected chi connectivity index (χ2v) is 11.3. The molecule has 0 aliphatic heterocycles. The zero-order valence-electron chi connectivity index (χ0n) is 23.3. The smallest absolute Gasteiger partial charge is 0.254 e. The number of sulfonamides is 1. The molecular formula is C31H32N4O6S. The Morgan fingerprint density at radius 2 is 1.55 bits per heavy atom. The van der Waals surface area contributed by atoms with Crippen molar-refractivity contribution in [2.45, 2.75) is 31.3 Å². The van der Waals surface area contributed by atoms with Crippen LogP contribution in [0, 0.1) is 6.92 Å². The van der Waals surface area contributed by atoms with Crippen LogP contribution in [-0.2, 0) is 29.5 Å². The van der Waals surface area contributed by atoms with Crippen LogP contribution < -0.4 is 15.6 Å². The molecule has 3 aromatic carbocycles. The van der Waals surface area contributed by atoms with Crippen LogP contribution in [-0.4, -0.2) is 49.1 Å². The summed E-state index contributed by atoms with van der Waals surface area (Å²) in [6.07, 6.45) is 0.611. The van der Waals surface area contributed by atoms with E-state index in [-0.39, 0.29) is 35.0 Å². The third-order valence-corrected chi connectivity index (χ3v) is 7.90. The minimum atomic E-state index is -3.90. The topological polar surface area (TPSA) is 155 Å². The van der Waals surface area contributed by atoms with Crippen molar-refractivity contribution in [1.29, 1.82) is 0 Å². The summed E-state index contributed by atoms with van der Waals surface area (Å²) < 4.78 is 30.3. The highest BCUT2D eigenvalue weighted by Gasteiger charge is 2.25. The van der Waals surface area contributed by atoms with Gasteiger partial charge in [-0.05, 0) is 66.9 Å². The van der Waals surface area contributed by atoms with Gasteiger partial charge in [0.05, 0.1) is 29.8 Å². The van der Waals surface area contributed by atoms with Crippen LogP contribution in [0.15, 0.2) is 89.8 Å². The van der Waals surface area contributed by atoms with Gasteiger partial charge in [0.15, 0.2) is 5.78 Å².